The van der Waals surface area contributed by atoms with E-state index in [0.29, 0.717) is 30.3 Å². The standard InChI is InChI=1S/C19H23NO7/c1-2-3-4-8-20-9-7-14(11-19(20)26-17(21)18(22)27-19)25-13-5-6-15-16(10-13)24-12-23-15/h5-6,10,14H,2-4,7-9,11-12H2,1H3. The van der Waals surface area contributed by atoms with Crippen molar-refractivity contribution in [2.45, 2.75) is 51.0 Å². The number of hydrogen-bond acceptors (Lipinski definition) is 8. The first-order valence-corrected chi connectivity index (χ1v) is 9.37. The van der Waals surface area contributed by atoms with Crippen LogP contribution in [0.25, 0.3) is 0 Å². The zero-order chi connectivity index (χ0) is 18.9. The van der Waals surface area contributed by atoms with Crippen molar-refractivity contribution in [3.05, 3.63) is 18.2 Å². The van der Waals surface area contributed by atoms with Crippen LogP contribution in [-0.4, -0.2) is 48.7 Å². The number of carbonyl (C=O) groups is 2. The molecule has 1 spiro atoms. The maximum atomic E-state index is 11.7. The van der Waals surface area contributed by atoms with Crippen LogP contribution < -0.4 is 14.2 Å². The first kappa shape index (κ1) is 17.9. The first-order valence-electron chi connectivity index (χ1n) is 9.37. The zero-order valence-corrected chi connectivity index (χ0v) is 15.3. The van der Waals surface area contributed by atoms with E-state index in [2.05, 4.69) is 6.92 Å². The third-order valence-electron chi connectivity index (χ3n) is 5.04. The Labute approximate surface area is 157 Å². The summed E-state index contributed by atoms with van der Waals surface area (Å²) in [4.78, 5) is 25.4. The minimum absolute atomic E-state index is 0.198. The fraction of sp³-hybridized carbons (Fsp3) is 0.579. The Morgan fingerprint density at radius 2 is 1.93 bits per heavy atom. The number of hydrogen-bond donors (Lipinski definition) is 0. The number of likely N-dealkylation sites (tertiary alicyclic amines) is 1. The Balaban J connectivity index is 1.47. The van der Waals surface area contributed by atoms with Gasteiger partial charge in [-0.2, -0.15) is 0 Å². The molecule has 2 saturated heterocycles. The molecule has 1 aromatic rings. The van der Waals surface area contributed by atoms with Gasteiger partial charge in [-0.15, -0.1) is 0 Å². The minimum Gasteiger partial charge on any atom is -0.490 e. The van der Waals surface area contributed by atoms with Gasteiger partial charge < -0.3 is 23.7 Å². The van der Waals surface area contributed by atoms with Gasteiger partial charge in [-0.25, -0.2) is 14.5 Å². The van der Waals surface area contributed by atoms with E-state index in [1.165, 1.54) is 0 Å². The van der Waals surface area contributed by atoms with Gasteiger partial charge in [-0.3, -0.25) is 0 Å². The molecular weight excluding hydrogens is 354 g/mol. The third kappa shape index (κ3) is 3.53. The molecule has 3 aliphatic rings. The van der Waals surface area contributed by atoms with Crippen molar-refractivity contribution < 1.29 is 33.3 Å². The summed E-state index contributed by atoms with van der Waals surface area (Å²) in [6.45, 7) is 3.63. The summed E-state index contributed by atoms with van der Waals surface area (Å²) in [7, 11) is 0. The van der Waals surface area contributed by atoms with Gasteiger partial charge in [0.1, 0.15) is 11.9 Å². The topological polar surface area (TPSA) is 83.5 Å². The molecule has 0 saturated carbocycles. The number of rotatable bonds is 6. The molecule has 0 aromatic heterocycles. The maximum absolute atomic E-state index is 11.7. The van der Waals surface area contributed by atoms with E-state index in [0.717, 1.165) is 25.7 Å². The van der Waals surface area contributed by atoms with Gasteiger partial charge in [0.25, 0.3) is 0 Å². The summed E-state index contributed by atoms with van der Waals surface area (Å²) in [5, 5.41) is 0. The number of ether oxygens (including phenoxy) is 5. The molecule has 8 heteroatoms. The van der Waals surface area contributed by atoms with Crippen molar-refractivity contribution in [1.82, 2.24) is 4.90 Å². The van der Waals surface area contributed by atoms with Crippen LogP contribution >= 0.6 is 0 Å². The molecule has 146 valence electrons. The smallest absolute Gasteiger partial charge is 0.421 e. The molecule has 3 aliphatic heterocycles. The SMILES string of the molecule is CCCCCN1CCC(Oc2ccc3c(c2)OCO3)CC12OC(=O)C(=O)O2. The van der Waals surface area contributed by atoms with Gasteiger partial charge >= 0.3 is 17.8 Å². The van der Waals surface area contributed by atoms with Crippen molar-refractivity contribution >= 4 is 11.9 Å². The second-order valence-corrected chi connectivity index (χ2v) is 6.93. The maximum Gasteiger partial charge on any atom is 0.421 e. The average Bonchev–Trinajstić information content (AvgIpc) is 3.21. The Morgan fingerprint density at radius 1 is 1.15 bits per heavy atom. The second-order valence-electron chi connectivity index (χ2n) is 6.93. The van der Waals surface area contributed by atoms with E-state index in [1.54, 1.807) is 18.2 Å². The molecule has 0 aliphatic carbocycles. The molecule has 0 N–H and O–H groups in total. The van der Waals surface area contributed by atoms with Crippen molar-refractivity contribution in [3.8, 4) is 17.2 Å². The third-order valence-corrected chi connectivity index (χ3v) is 5.04. The Hall–Kier alpha value is -2.48. The summed E-state index contributed by atoms with van der Waals surface area (Å²) in [6.07, 6.45) is 3.83. The Bertz CT molecular complexity index is 719. The fourth-order valence-corrected chi connectivity index (χ4v) is 3.67. The molecule has 27 heavy (non-hydrogen) atoms. The number of esters is 2. The molecule has 0 radical (unpaired) electrons. The number of carbonyl (C=O) groups excluding carboxylic acids is 2. The Morgan fingerprint density at radius 3 is 2.70 bits per heavy atom. The summed E-state index contributed by atoms with van der Waals surface area (Å²) in [6, 6.07) is 5.37. The van der Waals surface area contributed by atoms with Crippen LogP contribution in [0.1, 0.15) is 39.0 Å². The fourth-order valence-electron chi connectivity index (χ4n) is 3.67. The molecule has 8 nitrogen and oxygen atoms in total. The first-order chi connectivity index (χ1) is 13.1. The summed E-state index contributed by atoms with van der Waals surface area (Å²) in [5.41, 5.74) is 0. The number of benzene rings is 1. The summed E-state index contributed by atoms with van der Waals surface area (Å²) in [5.74, 6) is -1.30. The van der Waals surface area contributed by atoms with Crippen LogP contribution in [0.3, 0.4) is 0 Å². The molecule has 3 heterocycles. The lowest BCUT2D eigenvalue weighted by atomic mass is 10.0. The number of fused-ring (bicyclic) bond motifs is 1. The highest BCUT2D eigenvalue weighted by Crippen LogP contribution is 2.39. The predicted molar refractivity (Wildman–Crippen MR) is 92.2 cm³/mol. The van der Waals surface area contributed by atoms with Gasteiger partial charge in [-0.1, -0.05) is 19.8 Å². The van der Waals surface area contributed by atoms with Gasteiger partial charge in [0, 0.05) is 19.2 Å². The van der Waals surface area contributed by atoms with Crippen LogP contribution in [-0.2, 0) is 19.1 Å². The normalized spacial score (nSPS) is 23.4. The molecule has 1 atom stereocenters. The largest absolute Gasteiger partial charge is 0.490 e. The van der Waals surface area contributed by atoms with Gasteiger partial charge in [0.05, 0.1) is 6.42 Å². The van der Waals surface area contributed by atoms with Crippen molar-refractivity contribution in [1.29, 1.82) is 0 Å². The second kappa shape index (κ2) is 7.26. The van der Waals surface area contributed by atoms with Crippen LogP contribution in [0.5, 0.6) is 17.2 Å². The molecule has 1 aromatic carbocycles. The minimum atomic E-state index is -1.36. The highest BCUT2D eigenvalue weighted by atomic mass is 16.8. The van der Waals surface area contributed by atoms with E-state index >= 15 is 0 Å². The quantitative estimate of drug-likeness (QED) is 0.424. The number of piperidine rings is 1. The molecule has 4 rings (SSSR count). The lowest BCUT2D eigenvalue weighted by Crippen LogP contribution is -2.57. The van der Waals surface area contributed by atoms with Crippen LogP contribution in [0.2, 0.25) is 0 Å². The summed E-state index contributed by atoms with van der Waals surface area (Å²) < 4.78 is 27.5. The Kier molecular flexibility index (Phi) is 4.82. The highest BCUT2D eigenvalue weighted by molar-refractivity contribution is 6.31. The van der Waals surface area contributed by atoms with Gasteiger partial charge in [0.2, 0.25) is 6.79 Å². The molecule has 0 amide bonds. The van der Waals surface area contributed by atoms with E-state index < -0.39 is 17.8 Å². The number of unbranched alkanes of at least 4 members (excludes halogenated alkanes) is 2. The molecular formula is C19H23NO7. The lowest BCUT2D eigenvalue weighted by molar-refractivity contribution is -0.274. The van der Waals surface area contributed by atoms with E-state index in [1.807, 2.05) is 4.90 Å². The molecule has 1 unspecified atom stereocenters. The van der Waals surface area contributed by atoms with Crippen molar-refractivity contribution in [2.75, 3.05) is 19.9 Å². The van der Waals surface area contributed by atoms with Crippen molar-refractivity contribution in [2.24, 2.45) is 0 Å². The lowest BCUT2D eigenvalue weighted by Gasteiger charge is -2.43. The van der Waals surface area contributed by atoms with Crippen LogP contribution in [0.15, 0.2) is 18.2 Å². The van der Waals surface area contributed by atoms with Crippen LogP contribution in [0, 0.1) is 0 Å². The molecule has 0 bridgehead atoms. The van der Waals surface area contributed by atoms with Crippen molar-refractivity contribution in [3.63, 3.8) is 0 Å². The predicted octanol–water partition coefficient (Wildman–Crippen LogP) is 2.20. The monoisotopic (exact) mass is 377 g/mol. The average molecular weight is 377 g/mol. The van der Waals surface area contributed by atoms with E-state index in [-0.39, 0.29) is 19.3 Å². The van der Waals surface area contributed by atoms with E-state index in [4.69, 9.17) is 23.7 Å². The van der Waals surface area contributed by atoms with Gasteiger partial charge in [-0.05, 0) is 25.0 Å². The number of nitrogens with zero attached hydrogens (tertiary/aromatic N) is 1. The molecule has 2 fully saturated rings. The van der Waals surface area contributed by atoms with Gasteiger partial charge in [0.15, 0.2) is 11.5 Å². The summed E-state index contributed by atoms with van der Waals surface area (Å²) >= 11 is 0. The highest BCUT2D eigenvalue weighted by Gasteiger charge is 2.56. The zero-order valence-electron chi connectivity index (χ0n) is 15.3. The van der Waals surface area contributed by atoms with Crippen LogP contribution in [0.4, 0.5) is 0 Å². The van der Waals surface area contributed by atoms with E-state index in [9.17, 15) is 9.59 Å².